The van der Waals surface area contributed by atoms with Crippen LogP contribution in [0.4, 0.5) is 0 Å². The summed E-state index contributed by atoms with van der Waals surface area (Å²) in [6.45, 7) is 17.6. The molecule has 2 rings (SSSR count). The molecule has 31 heavy (non-hydrogen) atoms. The Morgan fingerprint density at radius 2 is 1.23 bits per heavy atom. The molecule has 2 aromatic carbocycles. The van der Waals surface area contributed by atoms with Crippen molar-refractivity contribution in [1.82, 2.24) is 9.34 Å². The fourth-order valence-electron chi connectivity index (χ4n) is 3.47. The molecular formula is C25H39N3PSZr. The summed E-state index contributed by atoms with van der Waals surface area (Å²) in [7, 11) is -0.975. The van der Waals surface area contributed by atoms with E-state index in [0.717, 1.165) is 10.5 Å². The molecule has 0 saturated heterocycles. The van der Waals surface area contributed by atoms with Gasteiger partial charge in [-0.1, -0.05) is 54.6 Å². The van der Waals surface area contributed by atoms with Gasteiger partial charge in [-0.2, -0.15) is 4.90 Å². The second-order valence-corrected chi connectivity index (χ2v) is 10.7. The van der Waals surface area contributed by atoms with Crippen molar-refractivity contribution in [2.45, 2.75) is 84.5 Å². The Hall–Kier alpha value is -0.437. The normalized spacial score (nSPS) is 11.3. The third-order valence-corrected chi connectivity index (χ3v) is 8.05. The van der Waals surface area contributed by atoms with Crippen molar-refractivity contribution in [1.29, 1.82) is 0 Å². The van der Waals surface area contributed by atoms with Crippen molar-refractivity contribution >= 4 is 26.3 Å². The summed E-state index contributed by atoms with van der Waals surface area (Å²) < 4.78 is 4.87. The quantitative estimate of drug-likeness (QED) is 0.203. The fourth-order valence-corrected chi connectivity index (χ4v) is 6.40. The summed E-state index contributed by atoms with van der Waals surface area (Å²) in [5.41, 5.74) is 1.25. The Kier molecular flexibility index (Phi) is 15.2. The Balaban J connectivity index is 0. The molecule has 0 bridgehead atoms. The molecule has 0 atom stereocenters. The van der Waals surface area contributed by atoms with Crippen LogP contribution in [0.5, 0.6) is 0 Å². The van der Waals surface area contributed by atoms with Crippen molar-refractivity contribution in [3.05, 3.63) is 71.6 Å². The van der Waals surface area contributed by atoms with Gasteiger partial charge in [0.15, 0.2) is 0 Å². The summed E-state index contributed by atoms with van der Waals surface area (Å²) >= 11 is 4.81. The summed E-state index contributed by atoms with van der Waals surface area (Å²) in [5, 5.41) is 11.1. The average molecular weight is 536 g/mol. The molecule has 0 unspecified atom stereocenters. The molecule has 6 heteroatoms. The van der Waals surface area contributed by atoms with Gasteiger partial charge >= 0.3 is 26.2 Å². The minimum absolute atomic E-state index is 0. The largest absolute Gasteiger partial charge is 2.00 e. The van der Waals surface area contributed by atoms with E-state index in [4.69, 9.17) is 12.6 Å². The molecule has 0 aromatic heterocycles. The van der Waals surface area contributed by atoms with E-state index in [1.54, 1.807) is 0 Å². The van der Waals surface area contributed by atoms with E-state index in [2.05, 4.69) is 70.8 Å². The number of hydrogen-bond acceptors (Lipinski definition) is 3. The zero-order valence-corrected chi connectivity index (χ0v) is 24.4. The molecule has 3 nitrogen and oxygen atoms in total. The molecule has 0 aliphatic rings. The monoisotopic (exact) mass is 534 g/mol. The maximum atomic E-state index is 11.1. The SMILES string of the molecule is CC(C)N(C(C)C)P(C(=[N-])c1[c]cccc1)N(C(C)C)C(C)C.[HH].[S-]c1ccccc1.[Zr+2]. The minimum atomic E-state index is -0.975. The maximum absolute atomic E-state index is 11.1. The van der Waals surface area contributed by atoms with Gasteiger partial charge in [0.25, 0.3) is 0 Å². The van der Waals surface area contributed by atoms with Gasteiger partial charge in [0.05, 0.1) is 0 Å². The summed E-state index contributed by atoms with van der Waals surface area (Å²) in [6.07, 6.45) is 0. The van der Waals surface area contributed by atoms with Crippen LogP contribution in [0.1, 0.15) is 62.4 Å². The molecule has 0 heterocycles. The zero-order chi connectivity index (χ0) is 22.8. The number of rotatable bonds is 8. The van der Waals surface area contributed by atoms with Gasteiger partial charge < -0.3 is 18.0 Å². The van der Waals surface area contributed by atoms with Crippen LogP contribution in [0, 0.1) is 6.07 Å². The van der Waals surface area contributed by atoms with E-state index in [1.807, 2.05) is 54.6 Å². The second kappa shape index (κ2) is 15.4. The minimum Gasteiger partial charge on any atom is -0.801 e. The van der Waals surface area contributed by atoms with Gasteiger partial charge in [-0.15, -0.1) is 5.45 Å². The first-order valence-electron chi connectivity index (χ1n) is 10.7. The number of hydrogen-bond donors (Lipinski definition) is 0. The van der Waals surface area contributed by atoms with Crippen LogP contribution in [-0.2, 0) is 38.8 Å². The van der Waals surface area contributed by atoms with E-state index >= 15 is 0 Å². The number of nitrogens with zero attached hydrogens (tertiary/aromatic N) is 3. The van der Waals surface area contributed by atoms with Gasteiger partial charge in [-0.3, -0.25) is 9.34 Å². The summed E-state index contributed by atoms with van der Waals surface area (Å²) in [4.78, 5) is 0.905. The van der Waals surface area contributed by atoms with Gasteiger partial charge in [0, 0.05) is 33.8 Å². The molecule has 2 aromatic rings. The molecule has 0 amide bonds. The van der Waals surface area contributed by atoms with E-state index in [9.17, 15) is 5.41 Å². The molecule has 0 saturated carbocycles. The van der Waals surface area contributed by atoms with Crippen LogP contribution < -0.4 is 0 Å². The predicted molar refractivity (Wildman–Crippen MR) is 138 cm³/mol. The fraction of sp³-hybridized carbons (Fsp3) is 0.480. The average Bonchev–Trinajstić information content (AvgIpc) is 2.67. The zero-order valence-electron chi connectivity index (χ0n) is 20.2. The Labute approximate surface area is 218 Å². The molecule has 169 valence electrons. The third-order valence-electron chi connectivity index (χ3n) is 4.44. The van der Waals surface area contributed by atoms with Gasteiger partial charge in [-0.25, -0.2) is 0 Å². The Bertz CT molecular complexity index is 709. The Morgan fingerprint density at radius 3 is 1.52 bits per heavy atom. The van der Waals surface area contributed by atoms with Crippen LogP contribution in [-0.4, -0.2) is 39.0 Å². The van der Waals surface area contributed by atoms with Gasteiger partial charge in [0.1, 0.15) is 0 Å². The van der Waals surface area contributed by atoms with Crippen LogP contribution in [0.15, 0.2) is 59.5 Å². The van der Waals surface area contributed by atoms with Crippen LogP contribution in [0.25, 0.3) is 5.41 Å². The maximum Gasteiger partial charge on any atom is 2.00 e. The standard InChI is InChI=1S/C19H32N3P.C6H6S.Zr.H2/c1-14(2)21(15(3)4)23(22(16(5)6)17(7)8)19(20)18-12-10-9-11-13-18;7-6-4-2-1-3-5-6;;/h9-12,14-17H,1-8H3;1-5,7H;;1H/q-1;;+2;/p-1. The summed E-state index contributed by atoms with van der Waals surface area (Å²) in [5.74, 6) is 0. The van der Waals surface area contributed by atoms with Gasteiger partial charge in [-0.05, 0) is 67.0 Å². The van der Waals surface area contributed by atoms with E-state index < -0.39 is 8.22 Å². The van der Waals surface area contributed by atoms with E-state index in [0.29, 0.717) is 29.6 Å². The second-order valence-electron chi connectivity index (χ2n) is 8.34. The first kappa shape index (κ1) is 30.6. The van der Waals surface area contributed by atoms with Crippen LogP contribution >= 0.6 is 8.22 Å². The van der Waals surface area contributed by atoms with Crippen molar-refractivity contribution in [2.24, 2.45) is 0 Å². The van der Waals surface area contributed by atoms with E-state index in [1.165, 1.54) is 0 Å². The third kappa shape index (κ3) is 9.93. The molecular weight excluding hydrogens is 497 g/mol. The van der Waals surface area contributed by atoms with E-state index in [-0.39, 0.29) is 27.6 Å². The Morgan fingerprint density at radius 1 is 0.806 bits per heavy atom. The summed E-state index contributed by atoms with van der Waals surface area (Å²) in [6, 6.07) is 21.9. The molecule has 0 N–H and O–H groups in total. The first-order chi connectivity index (χ1) is 14.1. The van der Waals surface area contributed by atoms with Crippen molar-refractivity contribution in [3.8, 4) is 0 Å². The predicted octanol–water partition coefficient (Wildman–Crippen LogP) is 7.19. The molecule has 0 spiro atoms. The van der Waals surface area contributed by atoms with Crippen LogP contribution in [0.3, 0.4) is 0 Å². The van der Waals surface area contributed by atoms with Gasteiger partial charge in [0.2, 0.25) is 0 Å². The topological polar surface area (TPSA) is 28.8 Å². The number of benzene rings is 2. The van der Waals surface area contributed by atoms with Crippen LogP contribution in [0.2, 0.25) is 0 Å². The molecule has 0 fully saturated rings. The molecule has 0 aliphatic heterocycles. The van der Waals surface area contributed by atoms with Crippen molar-refractivity contribution in [2.75, 3.05) is 0 Å². The molecule has 1 radical (unpaired) electrons. The van der Waals surface area contributed by atoms with Crippen molar-refractivity contribution in [3.63, 3.8) is 0 Å². The first-order valence-corrected chi connectivity index (χ1v) is 12.3. The van der Waals surface area contributed by atoms with Crippen molar-refractivity contribution < 1.29 is 27.6 Å². The smallest absolute Gasteiger partial charge is 0.801 e. The molecule has 0 aliphatic carbocycles.